The molecule has 0 spiro atoms. The van der Waals surface area contributed by atoms with Crippen LogP contribution in [0.3, 0.4) is 0 Å². The minimum atomic E-state index is -1.04. The van der Waals surface area contributed by atoms with E-state index < -0.39 is 5.60 Å². The molecule has 0 aromatic rings. The highest BCUT2D eigenvalue weighted by molar-refractivity contribution is 5.70. The normalized spacial score (nSPS) is 27.7. The minimum Gasteiger partial charge on any atom is -0.464 e. The second kappa shape index (κ2) is 9.00. The molecule has 1 rings (SSSR count). The van der Waals surface area contributed by atoms with Gasteiger partial charge in [-0.05, 0) is 52.1 Å². The van der Waals surface area contributed by atoms with Gasteiger partial charge in [-0.2, -0.15) is 0 Å². The molecule has 5 nitrogen and oxygen atoms in total. The number of carbonyl (C=O) groups excluding carboxylic acids is 1. The molecule has 0 radical (unpaired) electrons. The molecule has 0 aromatic carbocycles. The molecule has 5 heteroatoms. The van der Waals surface area contributed by atoms with Crippen LogP contribution in [0.2, 0.25) is 0 Å². The fraction of sp³-hybridized carbons (Fsp3) is 0.944. The summed E-state index contributed by atoms with van der Waals surface area (Å²) in [6, 6.07) is 0. The van der Waals surface area contributed by atoms with E-state index in [4.69, 9.17) is 9.47 Å². The highest BCUT2D eigenvalue weighted by Crippen LogP contribution is 2.38. The zero-order chi connectivity index (χ0) is 17.5. The first kappa shape index (κ1) is 20.4. The number of aliphatic hydroxyl groups is 1. The average molecular weight is 329 g/mol. The molecule has 23 heavy (non-hydrogen) atoms. The Morgan fingerprint density at radius 1 is 1.39 bits per heavy atom. The lowest BCUT2D eigenvalue weighted by molar-refractivity contribution is -0.160. The third kappa shape index (κ3) is 6.40. The summed E-state index contributed by atoms with van der Waals surface area (Å²) in [5.41, 5.74) is -1.23. The Labute approximate surface area is 141 Å². The Balaban J connectivity index is 2.45. The van der Waals surface area contributed by atoms with Gasteiger partial charge in [-0.25, -0.2) is 0 Å². The lowest BCUT2D eigenvalue weighted by Gasteiger charge is -2.43. The molecule has 0 unspecified atom stereocenters. The number of hydrogen-bond acceptors (Lipinski definition) is 5. The predicted octanol–water partition coefficient (Wildman–Crippen LogP) is 2.61. The molecule has 1 aliphatic heterocycles. The third-order valence-corrected chi connectivity index (χ3v) is 5.29. The van der Waals surface area contributed by atoms with Crippen LogP contribution in [-0.2, 0) is 14.3 Å². The molecule has 1 N–H and O–H groups in total. The summed E-state index contributed by atoms with van der Waals surface area (Å²) in [6.45, 7) is 13.8. The van der Waals surface area contributed by atoms with Crippen LogP contribution in [0, 0.1) is 5.92 Å². The summed E-state index contributed by atoms with van der Waals surface area (Å²) >= 11 is 0. The van der Waals surface area contributed by atoms with Gasteiger partial charge in [-0.15, -0.1) is 0 Å². The van der Waals surface area contributed by atoms with Crippen molar-refractivity contribution in [2.75, 3.05) is 32.8 Å². The summed E-state index contributed by atoms with van der Waals surface area (Å²) < 4.78 is 11.1. The van der Waals surface area contributed by atoms with Crippen LogP contribution >= 0.6 is 0 Å². The molecule has 136 valence electrons. The maximum Gasteiger partial charge on any atom is 0.308 e. The maximum absolute atomic E-state index is 12.1. The molecule has 1 saturated heterocycles. The Hall–Kier alpha value is -0.650. The number of nitrogens with zero attached hydrogens (tertiary/aromatic N) is 1. The summed E-state index contributed by atoms with van der Waals surface area (Å²) in [6.07, 6.45) is 2.53. The van der Waals surface area contributed by atoms with Gasteiger partial charge in [0.1, 0.15) is 6.61 Å². The average Bonchev–Trinajstić information content (AvgIpc) is 2.51. The molecule has 1 heterocycles. The van der Waals surface area contributed by atoms with E-state index in [1.807, 2.05) is 0 Å². The van der Waals surface area contributed by atoms with Crippen LogP contribution in [-0.4, -0.2) is 60.0 Å². The van der Waals surface area contributed by atoms with Gasteiger partial charge in [-0.3, -0.25) is 4.79 Å². The van der Waals surface area contributed by atoms with Gasteiger partial charge < -0.3 is 19.5 Å². The van der Waals surface area contributed by atoms with E-state index >= 15 is 0 Å². The van der Waals surface area contributed by atoms with Crippen LogP contribution in [0.25, 0.3) is 0 Å². The molecule has 0 aromatic heterocycles. The first-order valence-electron chi connectivity index (χ1n) is 9.00. The quantitative estimate of drug-likeness (QED) is 0.659. The second-order valence-electron chi connectivity index (χ2n) is 7.12. The topological polar surface area (TPSA) is 59.0 Å². The summed E-state index contributed by atoms with van der Waals surface area (Å²) in [5.74, 6) is -0.247. The van der Waals surface area contributed by atoms with Gasteiger partial charge in [0.05, 0.1) is 17.6 Å². The van der Waals surface area contributed by atoms with Gasteiger partial charge in [0.15, 0.2) is 0 Å². The molecule has 0 amide bonds. The smallest absolute Gasteiger partial charge is 0.308 e. The van der Waals surface area contributed by atoms with Crippen LogP contribution in [0.1, 0.15) is 60.3 Å². The van der Waals surface area contributed by atoms with Crippen molar-refractivity contribution in [1.82, 2.24) is 4.90 Å². The molecule has 3 atom stereocenters. The van der Waals surface area contributed by atoms with E-state index in [2.05, 4.69) is 32.6 Å². The fourth-order valence-corrected chi connectivity index (χ4v) is 3.22. The molecule has 1 aliphatic rings. The van der Waals surface area contributed by atoms with Crippen molar-refractivity contribution in [1.29, 1.82) is 0 Å². The number of carbonyl (C=O) groups is 1. The van der Waals surface area contributed by atoms with Gasteiger partial charge in [0, 0.05) is 13.2 Å². The van der Waals surface area contributed by atoms with E-state index in [-0.39, 0.29) is 23.9 Å². The molecule has 1 fully saturated rings. The SMILES string of the molecule is CCN(CC)CCOC(=O)C[C@@](C)(O)[C@H]1CCO[C@@](C)(CC)C1. The first-order chi connectivity index (χ1) is 10.8. The van der Waals surface area contributed by atoms with E-state index in [1.165, 1.54) is 0 Å². The van der Waals surface area contributed by atoms with Crippen LogP contribution in [0.4, 0.5) is 0 Å². The van der Waals surface area contributed by atoms with Crippen molar-refractivity contribution in [3.8, 4) is 0 Å². The zero-order valence-corrected chi connectivity index (χ0v) is 15.6. The Morgan fingerprint density at radius 3 is 2.61 bits per heavy atom. The number of rotatable bonds is 9. The van der Waals surface area contributed by atoms with E-state index in [9.17, 15) is 9.90 Å². The largest absolute Gasteiger partial charge is 0.464 e. The molecule has 0 bridgehead atoms. The number of ether oxygens (including phenoxy) is 2. The summed E-state index contributed by atoms with van der Waals surface area (Å²) in [5, 5.41) is 10.8. The van der Waals surface area contributed by atoms with Crippen molar-refractivity contribution in [3.63, 3.8) is 0 Å². The summed E-state index contributed by atoms with van der Waals surface area (Å²) in [7, 11) is 0. The second-order valence-corrected chi connectivity index (χ2v) is 7.12. The van der Waals surface area contributed by atoms with E-state index in [0.717, 1.165) is 38.9 Å². The molecule has 0 aliphatic carbocycles. The van der Waals surface area contributed by atoms with Crippen molar-refractivity contribution >= 4 is 5.97 Å². The van der Waals surface area contributed by atoms with Crippen LogP contribution in [0.15, 0.2) is 0 Å². The van der Waals surface area contributed by atoms with Gasteiger partial charge in [0.25, 0.3) is 0 Å². The monoisotopic (exact) mass is 329 g/mol. The highest BCUT2D eigenvalue weighted by atomic mass is 16.5. The molecular weight excluding hydrogens is 294 g/mol. The lowest BCUT2D eigenvalue weighted by atomic mass is 9.75. The maximum atomic E-state index is 12.1. The number of hydrogen-bond donors (Lipinski definition) is 1. The Bertz CT molecular complexity index is 368. The first-order valence-corrected chi connectivity index (χ1v) is 9.00. The minimum absolute atomic E-state index is 0.0513. The zero-order valence-electron chi connectivity index (χ0n) is 15.6. The van der Waals surface area contributed by atoms with Gasteiger partial charge in [0.2, 0.25) is 0 Å². The Morgan fingerprint density at radius 2 is 2.04 bits per heavy atom. The third-order valence-electron chi connectivity index (χ3n) is 5.29. The number of esters is 1. The standard InChI is InChI=1S/C18H35NO4/c1-6-17(4)13-15(9-11-23-17)18(5,21)14-16(20)22-12-10-19(7-2)8-3/h15,21H,6-14H2,1-5H3/t15-,17-,18+/m0/s1. The highest BCUT2D eigenvalue weighted by Gasteiger charge is 2.42. The van der Waals surface area contributed by atoms with Crippen LogP contribution in [0.5, 0.6) is 0 Å². The lowest BCUT2D eigenvalue weighted by Crippen LogP contribution is -2.46. The van der Waals surface area contributed by atoms with Crippen molar-refractivity contribution in [3.05, 3.63) is 0 Å². The van der Waals surface area contributed by atoms with Crippen molar-refractivity contribution in [2.24, 2.45) is 5.92 Å². The van der Waals surface area contributed by atoms with Gasteiger partial charge in [-0.1, -0.05) is 20.8 Å². The summed E-state index contributed by atoms with van der Waals surface area (Å²) in [4.78, 5) is 14.3. The molecular formula is C18H35NO4. The van der Waals surface area contributed by atoms with Crippen molar-refractivity contribution < 1.29 is 19.4 Å². The van der Waals surface area contributed by atoms with Crippen molar-refractivity contribution in [2.45, 2.75) is 71.5 Å². The van der Waals surface area contributed by atoms with Gasteiger partial charge >= 0.3 is 5.97 Å². The Kier molecular flexibility index (Phi) is 7.98. The predicted molar refractivity (Wildman–Crippen MR) is 91.4 cm³/mol. The number of likely N-dealkylation sites (N-methyl/N-ethyl adjacent to an activating group) is 1. The van der Waals surface area contributed by atoms with E-state index in [1.54, 1.807) is 6.92 Å². The molecule has 0 saturated carbocycles. The van der Waals surface area contributed by atoms with Crippen LogP contribution < -0.4 is 0 Å². The fourth-order valence-electron chi connectivity index (χ4n) is 3.22. The van der Waals surface area contributed by atoms with E-state index in [0.29, 0.717) is 13.2 Å².